The summed E-state index contributed by atoms with van der Waals surface area (Å²) in [6, 6.07) is 6.47. The highest BCUT2D eigenvalue weighted by molar-refractivity contribution is 5.95. The van der Waals surface area contributed by atoms with Crippen LogP contribution in [0.2, 0.25) is 0 Å². The molecule has 0 aliphatic carbocycles. The van der Waals surface area contributed by atoms with Gasteiger partial charge in [0.2, 0.25) is 11.8 Å². The van der Waals surface area contributed by atoms with Gasteiger partial charge >= 0.3 is 24.4 Å². The van der Waals surface area contributed by atoms with E-state index in [0.717, 1.165) is 0 Å². The lowest BCUT2D eigenvalue weighted by molar-refractivity contribution is -0.126. The fraction of sp³-hybridized carbons (Fsp3) is 0.657. The number of nitrogens with zero attached hydrogens (tertiary/aromatic N) is 1. The Bertz CT molecular complexity index is 1290. The molecule has 2 atom stereocenters. The van der Waals surface area contributed by atoms with Gasteiger partial charge in [0.15, 0.2) is 0 Å². The Labute approximate surface area is 301 Å². The predicted molar refractivity (Wildman–Crippen MR) is 189 cm³/mol. The highest BCUT2D eigenvalue weighted by Crippen LogP contribution is 2.18. The number of nitrogens with two attached hydrogens (primary N) is 1. The molecule has 1 aromatic carbocycles. The van der Waals surface area contributed by atoms with Crippen LogP contribution in [0.4, 0.5) is 19.2 Å². The third-order valence-electron chi connectivity index (χ3n) is 6.36. The van der Waals surface area contributed by atoms with Crippen molar-refractivity contribution in [3.05, 3.63) is 35.9 Å². The van der Waals surface area contributed by atoms with Crippen molar-refractivity contribution in [3.63, 3.8) is 0 Å². The Morgan fingerprint density at radius 2 is 1.22 bits per heavy atom. The van der Waals surface area contributed by atoms with Gasteiger partial charge in [0, 0.05) is 19.6 Å². The van der Waals surface area contributed by atoms with Gasteiger partial charge in [0.1, 0.15) is 35.5 Å². The molecule has 0 aromatic heterocycles. The van der Waals surface area contributed by atoms with E-state index in [2.05, 4.69) is 21.3 Å². The van der Waals surface area contributed by atoms with Crippen molar-refractivity contribution in [2.45, 2.75) is 123 Å². The minimum Gasteiger partial charge on any atom is -0.444 e. The number of ether oxygens (including phenoxy) is 4. The summed E-state index contributed by atoms with van der Waals surface area (Å²) < 4.78 is 21.4. The first-order chi connectivity index (χ1) is 23.6. The Morgan fingerprint density at radius 1 is 0.667 bits per heavy atom. The topological polar surface area (TPSA) is 217 Å². The fourth-order valence-corrected chi connectivity index (χ4v) is 4.26. The third-order valence-corrected chi connectivity index (χ3v) is 6.36. The molecule has 1 rings (SSSR count). The minimum absolute atomic E-state index is 0.0131. The van der Waals surface area contributed by atoms with Crippen molar-refractivity contribution in [3.8, 4) is 0 Å². The number of hydrogen-bond donors (Lipinski definition) is 5. The number of alkyl carbamates (subject to hydrolysis) is 2. The highest BCUT2D eigenvalue weighted by atomic mass is 16.6. The number of benzene rings is 1. The standard InChI is InChI=1S/C35H58N6O10/c1-33(2,3)49-29(44)39-22-21-38-27(42)25(40-30(45)50-34(4,5)6)17-14-20-37-28(43)26(18-13-19-36)41(32(47)51-35(7,8)9)31(46)48-23-24-15-11-10-12-16-24/h10-12,15-16,25-26H,13-14,17-23,36H2,1-9H3,(H,37,43)(H,38,42)(H,39,44)(H,40,45)/t25-,26-/m0/s1. The monoisotopic (exact) mass is 722 g/mol. The average Bonchev–Trinajstić information content (AvgIpc) is 2.99. The molecule has 0 saturated heterocycles. The molecule has 16 heteroatoms. The van der Waals surface area contributed by atoms with E-state index in [1.54, 1.807) is 92.6 Å². The summed E-state index contributed by atoms with van der Waals surface area (Å²) in [5.74, 6) is -1.21. The second-order valence-corrected chi connectivity index (χ2v) is 14.7. The minimum atomic E-state index is -1.32. The molecule has 6 N–H and O–H groups in total. The molecular formula is C35H58N6O10. The maximum atomic E-state index is 13.5. The molecule has 0 aliphatic heterocycles. The van der Waals surface area contributed by atoms with Crippen LogP contribution in [0.15, 0.2) is 30.3 Å². The lowest BCUT2D eigenvalue weighted by Gasteiger charge is -2.31. The lowest BCUT2D eigenvalue weighted by atomic mass is 10.1. The first-order valence-corrected chi connectivity index (χ1v) is 17.1. The van der Waals surface area contributed by atoms with Gasteiger partial charge in [-0.1, -0.05) is 30.3 Å². The van der Waals surface area contributed by atoms with Crippen LogP contribution >= 0.6 is 0 Å². The van der Waals surface area contributed by atoms with E-state index in [0.29, 0.717) is 16.9 Å². The number of rotatable bonds is 16. The molecule has 0 unspecified atom stereocenters. The number of amides is 6. The van der Waals surface area contributed by atoms with Crippen molar-refractivity contribution in [2.24, 2.45) is 5.73 Å². The van der Waals surface area contributed by atoms with Crippen molar-refractivity contribution in [2.75, 3.05) is 26.2 Å². The van der Waals surface area contributed by atoms with E-state index >= 15 is 0 Å². The summed E-state index contributed by atoms with van der Waals surface area (Å²) in [6.07, 6.45) is -2.98. The zero-order chi connectivity index (χ0) is 38.8. The SMILES string of the molecule is CC(C)(C)OC(=O)NCCNC(=O)[C@H](CCCNC(=O)[C@H](CCCN)N(C(=O)OCc1ccccc1)C(=O)OC(C)(C)C)NC(=O)OC(C)(C)C. The molecular weight excluding hydrogens is 664 g/mol. The van der Waals surface area contributed by atoms with Gasteiger partial charge in [-0.2, -0.15) is 4.90 Å². The molecule has 16 nitrogen and oxygen atoms in total. The number of carbonyl (C=O) groups is 6. The molecule has 0 radical (unpaired) electrons. The maximum Gasteiger partial charge on any atom is 0.420 e. The van der Waals surface area contributed by atoms with E-state index in [-0.39, 0.29) is 52.0 Å². The maximum absolute atomic E-state index is 13.5. The average molecular weight is 723 g/mol. The van der Waals surface area contributed by atoms with Gasteiger partial charge in [-0.15, -0.1) is 0 Å². The molecule has 1 aromatic rings. The van der Waals surface area contributed by atoms with Gasteiger partial charge in [0.25, 0.3) is 0 Å². The van der Waals surface area contributed by atoms with Crippen molar-refractivity contribution < 1.29 is 47.7 Å². The van der Waals surface area contributed by atoms with Crippen LogP contribution in [0.1, 0.15) is 93.6 Å². The van der Waals surface area contributed by atoms with Crippen LogP contribution < -0.4 is 27.0 Å². The molecule has 0 saturated carbocycles. The molecule has 288 valence electrons. The van der Waals surface area contributed by atoms with Gasteiger partial charge in [-0.05, 0) is 100 Å². The molecule has 6 amide bonds. The fourth-order valence-electron chi connectivity index (χ4n) is 4.26. The molecule has 0 fully saturated rings. The lowest BCUT2D eigenvalue weighted by Crippen LogP contribution is -2.54. The van der Waals surface area contributed by atoms with Crippen molar-refractivity contribution in [1.29, 1.82) is 0 Å². The largest absolute Gasteiger partial charge is 0.444 e. The first-order valence-electron chi connectivity index (χ1n) is 17.1. The predicted octanol–water partition coefficient (Wildman–Crippen LogP) is 4.10. The zero-order valence-corrected chi connectivity index (χ0v) is 31.5. The van der Waals surface area contributed by atoms with Crippen LogP contribution in [-0.4, -0.2) is 96.2 Å². The first kappa shape index (κ1) is 44.4. The van der Waals surface area contributed by atoms with E-state index in [4.69, 9.17) is 24.7 Å². The van der Waals surface area contributed by atoms with Crippen molar-refractivity contribution >= 4 is 36.2 Å². The van der Waals surface area contributed by atoms with Crippen molar-refractivity contribution in [1.82, 2.24) is 26.2 Å². The Kier molecular flexibility index (Phi) is 18.2. The van der Waals surface area contributed by atoms with E-state index in [9.17, 15) is 28.8 Å². The molecule has 0 heterocycles. The van der Waals surface area contributed by atoms with Gasteiger partial charge in [-0.25, -0.2) is 19.2 Å². The highest BCUT2D eigenvalue weighted by Gasteiger charge is 2.38. The van der Waals surface area contributed by atoms with Gasteiger partial charge < -0.3 is 45.9 Å². The number of carbonyl (C=O) groups excluding carboxylic acids is 6. The number of imide groups is 1. The Hall–Kier alpha value is -4.60. The summed E-state index contributed by atoms with van der Waals surface area (Å²) in [5, 5.41) is 10.5. The molecule has 51 heavy (non-hydrogen) atoms. The molecule has 0 spiro atoms. The van der Waals surface area contributed by atoms with Gasteiger partial charge in [-0.3, -0.25) is 9.59 Å². The van der Waals surface area contributed by atoms with E-state index < -0.39 is 65.1 Å². The zero-order valence-electron chi connectivity index (χ0n) is 31.5. The number of hydrogen-bond acceptors (Lipinski definition) is 11. The van der Waals surface area contributed by atoms with E-state index in [1.165, 1.54) is 0 Å². The van der Waals surface area contributed by atoms with E-state index in [1.807, 2.05) is 0 Å². The second-order valence-electron chi connectivity index (χ2n) is 14.7. The Balaban J connectivity index is 3.01. The molecule has 0 aliphatic rings. The van der Waals surface area contributed by atoms with Crippen LogP contribution in [0, 0.1) is 0 Å². The Morgan fingerprint density at radius 3 is 1.78 bits per heavy atom. The van der Waals surface area contributed by atoms with Crippen LogP contribution in [0.5, 0.6) is 0 Å². The van der Waals surface area contributed by atoms with Crippen LogP contribution in [0.3, 0.4) is 0 Å². The smallest absolute Gasteiger partial charge is 0.420 e. The normalized spacial score (nSPS) is 12.7. The summed E-state index contributed by atoms with van der Waals surface area (Å²) >= 11 is 0. The molecule has 0 bridgehead atoms. The quantitative estimate of drug-likeness (QED) is 0.121. The summed E-state index contributed by atoms with van der Waals surface area (Å²) in [4.78, 5) is 78.3. The number of nitrogens with one attached hydrogen (secondary N) is 4. The summed E-state index contributed by atoms with van der Waals surface area (Å²) in [5.41, 5.74) is 3.91. The van der Waals surface area contributed by atoms with Crippen LogP contribution in [0.25, 0.3) is 0 Å². The third kappa shape index (κ3) is 20.0. The summed E-state index contributed by atoms with van der Waals surface area (Å²) in [6.45, 7) is 15.3. The second kappa shape index (κ2) is 20.9. The van der Waals surface area contributed by atoms with Gasteiger partial charge in [0.05, 0.1) is 0 Å². The van der Waals surface area contributed by atoms with Crippen LogP contribution in [-0.2, 0) is 35.1 Å². The summed E-state index contributed by atoms with van der Waals surface area (Å²) in [7, 11) is 0.